The Morgan fingerprint density at radius 2 is 1.92 bits per heavy atom. The van der Waals surface area contributed by atoms with E-state index in [9.17, 15) is 18.4 Å². The molecule has 0 bridgehead atoms. The highest BCUT2D eigenvalue weighted by molar-refractivity contribution is 7.98. The average molecular weight is 376 g/mol. The highest BCUT2D eigenvalue weighted by Crippen LogP contribution is 2.19. The van der Waals surface area contributed by atoms with Crippen LogP contribution in [0.4, 0.5) is 8.78 Å². The number of aromatic nitrogens is 2. The summed E-state index contributed by atoms with van der Waals surface area (Å²) in [5.41, 5.74) is -0.819. The fourth-order valence-electron chi connectivity index (χ4n) is 1.87. The van der Waals surface area contributed by atoms with E-state index in [1.165, 1.54) is 17.8 Å². The number of hydrogen-bond acceptors (Lipinski definition) is 7. The molecule has 0 aliphatic carbocycles. The molecular weight excluding hydrogens is 366 g/mol. The van der Waals surface area contributed by atoms with Gasteiger partial charge in [0.25, 0.3) is 0 Å². The molecule has 0 saturated heterocycles. The molecule has 0 N–H and O–H groups in total. The molecule has 0 atom stereocenters. The Bertz CT molecular complexity index is 996. The minimum atomic E-state index is -1.19. The molecule has 0 radical (unpaired) electrons. The Kier molecular flexibility index (Phi) is 5.37. The SMILES string of the molecule is O=C(Oc1coc(CSc2ncccn2)cc1=O)c1ccc(F)c(F)c1. The summed E-state index contributed by atoms with van der Waals surface area (Å²) in [5.74, 6) is -3.01. The van der Waals surface area contributed by atoms with Crippen LogP contribution < -0.4 is 10.2 Å². The number of carbonyl (C=O) groups excluding carboxylic acids is 1. The second-order valence-corrected chi connectivity index (χ2v) is 5.86. The molecule has 1 aromatic carbocycles. The number of thioether (sulfide) groups is 1. The Hall–Kier alpha value is -3.07. The van der Waals surface area contributed by atoms with Crippen molar-refractivity contribution in [3.63, 3.8) is 0 Å². The molecule has 0 spiro atoms. The molecule has 6 nitrogen and oxygen atoms in total. The minimum Gasteiger partial charge on any atom is -0.464 e. The number of benzene rings is 1. The van der Waals surface area contributed by atoms with Gasteiger partial charge in [0.1, 0.15) is 12.0 Å². The average Bonchev–Trinajstić information content (AvgIpc) is 2.65. The van der Waals surface area contributed by atoms with Crippen LogP contribution in [0.25, 0.3) is 0 Å². The lowest BCUT2D eigenvalue weighted by Gasteiger charge is -2.05. The van der Waals surface area contributed by atoms with Gasteiger partial charge in [-0.05, 0) is 24.3 Å². The van der Waals surface area contributed by atoms with Crippen LogP contribution in [-0.2, 0) is 5.75 Å². The molecule has 3 aromatic rings. The van der Waals surface area contributed by atoms with E-state index in [0.717, 1.165) is 18.4 Å². The highest BCUT2D eigenvalue weighted by atomic mass is 32.2. The third-order valence-electron chi connectivity index (χ3n) is 3.10. The predicted molar refractivity (Wildman–Crippen MR) is 87.9 cm³/mol. The van der Waals surface area contributed by atoms with Crippen molar-refractivity contribution in [2.75, 3.05) is 0 Å². The lowest BCUT2D eigenvalue weighted by molar-refractivity contribution is 0.0728. The molecule has 9 heteroatoms. The van der Waals surface area contributed by atoms with E-state index < -0.39 is 23.0 Å². The van der Waals surface area contributed by atoms with E-state index in [-0.39, 0.29) is 11.3 Å². The second kappa shape index (κ2) is 7.87. The number of nitrogens with zero attached hydrogens (tertiary/aromatic N) is 2. The van der Waals surface area contributed by atoms with E-state index in [0.29, 0.717) is 22.7 Å². The topological polar surface area (TPSA) is 82.3 Å². The maximum Gasteiger partial charge on any atom is 0.343 e. The first-order valence-electron chi connectivity index (χ1n) is 7.21. The van der Waals surface area contributed by atoms with Crippen LogP contribution in [0.2, 0.25) is 0 Å². The first kappa shape index (κ1) is 17.7. The van der Waals surface area contributed by atoms with Gasteiger partial charge in [-0.3, -0.25) is 4.79 Å². The van der Waals surface area contributed by atoms with Crippen LogP contribution in [0.3, 0.4) is 0 Å². The Labute approximate surface area is 149 Å². The van der Waals surface area contributed by atoms with Crippen molar-refractivity contribution in [3.8, 4) is 5.75 Å². The van der Waals surface area contributed by atoms with Crippen molar-refractivity contribution >= 4 is 17.7 Å². The zero-order chi connectivity index (χ0) is 18.5. The first-order chi connectivity index (χ1) is 12.5. The Morgan fingerprint density at radius 3 is 2.62 bits per heavy atom. The monoisotopic (exact) mass is 376 g/mol. The summed E-state index contributed by atoms with van der Waals surface area (Å²) in [4.78, 5) is 32.0. The number of esters is 1. The summed E-state index contributed by atoms with van der Waals surface area (Å²) in [6, 6.07) is 5.38. The lowest BCUT2D eigenvalue weighted by Crippen LogP contribution is -2.15. The highest BCUT2D eigenvalue weighted by Gasteiger charge is 2.15. The van der Waals surface area contributed by atoms with Gasteiger partial charge in [0, 0.05) is 18.5 Å². The van der Waals surface area contributed by atoms with Crippen molar-refractivity contribution in [1.82, 2.24) is 9.97 Å². The quantitative estimate of drug-likeness (QED) is 0.384. The summed E-state index contributed by atoms with van der Waals surface area (Å²) < 4.78 is 36.2. The molecule has 132 valence electrons. The van der Waals surface area contributed by atoms with E-state index in [2.05, 4.69) is 9.97 Å². The van der Waals surface area contributed by atoms with Crippen molar-refractivity contribution < 1.29 is 22.7 Å². The van der Waals surface area contributed by atoms with Crippen LogP contribution in [0.15, 0.2) is 63.4 Å². The molecule has 0 fully saturated rings. The summed E-state index contributed by atoms with van der Waals surface area (Å²) in [6.45, 7) is 0. The number of halogens is 2. The zero-order valence-electron chi connectivity index (χ0n) is 13.0. The fraction of sp³-hybridized carbons (Fsp3) is 0.0588. The van der Waals surface area contributed by atoms with Crippen LogP contribution >= 0.6 is 11.8 Å². The molecule has 0 saturated carbocycles. The van der Waals surface area contributed by atoms with Crippen LogP contribution in [0.1, 0.15) is 16.1 Å². The smallest absolute Gasteiger partial charge is 0.343 e. The third-order valence-corrected chi connectivity index (χ3v) is 3.99. The first-order valence-corrected chi connectivity index (χ1v) is 8.20. The normalized spacial score (nSPS) is 10.5. The van der Waals surface area contributed by atoms with Gasteiger partial charge in [-0.1, -0.05) is 11.8 Å². The summed E-state index contributed by atoms with van der Waals surface area (Å²) in [7, 11) is 0. The van der Waals surface area contributed by atoms with Gasteiger partial charge < -0.3 is 9.15 Å². The molecular formula is C17H10F2N2O4S. The molecule has 0 unspecified atom stereocenters. The maximum absolute atomic E-state index is 13.2. The fourth-order valence-corrected chi connectivity index (χ4v) is 2.56. The van der Waals surface area contributed by atoms with Crippen molar-refractivity contribution in [2.45, 2.75) is 10.9 Å². The van der Waals surface area contributed by atoms with Crippen LogP contribution in [0, 0.1) is 11.6 Å². The van der Waals surface area contributed by atoms with Gasteiger partial charge in [0.05, 0.1) is 11.3 Å². The van der Waals surface area contributed by atoms with Gasteiger partial charge in [0.2, 0.25) is 11.2 Å². The second-order valence-electron chi connectivity index (χ2n) is 4.91. The molecule has 2 heterocycles. The Morgan fingerprint density at radius 1 is 1.15 bits per heavy atom. The molecule has 3 rings (SSSR count). The largest absolute Gasteiger partial charge is 0.464 e. The number of carbonyl (C=O) groups is 1. The number of ether oxygens (including phenoxy) is 1. The third kappa shape index (κ3) is 4.31. The van der Waals surface area contributed by atoms with Crippen LogP contribution in [-0.4, -0.2) is 15.9 Å². The summed E-state index contributed by atoms with van der Waals surface area (Å²) >= 11 is 1.26. The van der Waals surface area contributed by atoms with Crippen molar-refractivity contribution in [2.24, 2.45) is 0 Å². The van der Waals surface area contributed by atoms with E-state index in [1.807, 2.05) is 0 Å². The molecule has 26 heavy (non-hydrogen) atoms. The van der Waals surface area contributed by atoms with Gasteiger partial charge in [0.15, 0.2) is 16.8 Å². The maximum atomic E-state index is 13.2. The molecule has 0 amide bonds. The number of hydrogen-bond donors (Lipinski definition) is 0. The van der Waals surface area contributed by atoms with Crippen molar-refractivity contribution in [1.29, 1.82) is 0 Å². The number of rotatable bonds is 5. The lowest BCUT2D eigenvalue weighted by atomic mass is 10.2. The van der Waals surface area contributed by atoms with Gasteiger partial charge in [-0.25, -0.2) is 23.5 Å². The van der Waals surface area contributed by atoms with Crippen molar-refractivity contribution in [3.05, 3.63) is 82.2 Å². The summed E-state index contributed by atoms with van der Waals surface area (Å²) in [6.07, 6.45) is 4.17. The molecule has 2 aromatic heterocycles. The Balaban J connectivity index is 1.68. The standard InChI is InChI=1S/C17H10F2N2O4S/c18-12-3-2-10(6-13(12)19)16(23)25-15-8-24-11(7-14(15)22)9-26-17-20-4-1-5-21-17/h1-8H,9H2. The van der Waals surface area contributed by atoms with E-state index in [4.69, 9.17) is 9.15 Å². The van der Waals surface area contributed by atoms with E-state index >= 15 is 0 Å². The van der Waals surface area contributed by atoms with Gasteiger partial charge >= 0.3 is 5.97 Å². The van der Waals surface area contributed by atoms with E-state index in [1.54, 1.807) is 18.5 Å². The molecule has 0 aliphatic heterocycles. The van der Waals surface area contributed by atoms with Crippen LogP contribution in [0.5, 0.6) is 5.75 Å². The summed E-state index contributed by atoms with van der Waals surface area (Å²) in [5, 5.41) is 0.518. The zero-order valence-corrected chi connectivity index (χ0v) is 13.8. The predicted octanol–water partition coefficient (Wildman–Crippen LogP) is 3.22. The van der Waals surface area contributed by atoms with Gasteiger partial charge in [-0.15, -0.1) is 0 Å². The van der Waals surface area contributed by atoms with Gasteiger partial charge in [-0.2, -0.15) is 0 Å². The molecule has 0 aliphatic rings. The minimum absolute atomic E-state index is 0.232.